The van der Waals surface area contributed by atoms with Gasteiger partial charge in [0, 0.05) is 0 Å². The van der Waals surface area contributed by atoms with Crippen molar-refractivity contribution in [3.63, 3.8) is 0 Å². The Hall–Kier alpha value is -2.17. The highest BCUT2D eigenvalue weighted by molar-refractivity contribution is 6.24. The molecule has 0 saturated carbocycles. The second-order valence-corrected chi connectivity index (χ2v) is 5.33. The zero-order chi connectivity index (χ0) is 15.2. The lowest BCUT2D eigenvalue weighted by Crippen LogP contribution is -2.54. The van der Waals surface area contributed by atoms with Gasteiger partial charge in [0.2, 0.25) is 0 Å². The second kappa shape index (κ2) is 4.44. The van der Waals surface area contributed by atoms with Crippen LogP contribution in [0.1, 0.15) is 52.1 Å². The molecule has 1 aliphatic rings. The SMILES string of the molecule is CCC(C)(C(=O)O)N1C(=O)c2c(C)ccc(C)c2C1=O. The highest BCUT2D eigenvalue weighted by Crippen LogP contribution is 2.34. The fraction of sp³-hybridized carbons (Fsp3) is 0.400. The Balaban J connectivity index is 2.67. The lowest BCUT2D eigenvalue weighted by atomic mass is 9.96. The van der Waals surface area contributed by atoms with E-state index in [2.05, 4.69) is 0 Å². The molecule has 0 aliphatic carbocycles. The van der Waals surface area contributed by atoms with E-state index in [9.17, 15) is 19.5 Å². The van der Waals surface area contributed by atoms with Crippen molar-refractivity contribution >= 4 is 17.8 Å². The molecule has 1 heterocycles. The van der Waals surface area contributed by atoms with Gasteiger partial charge in [-0.05, 0) is 38.3 Å². The lowest BCUT2D eigenvalue weighted by molar-refractivity contribution is -0.147. The van der Waals surface area contributed by atoms with E-state index < -0.39 is 23.3 Å². The lowest BCUT2D eigenvalue weighted by Gasteiger charge is -2.32. The Bertz CT molecular complexity index is 594. The largest absolute Gasteiger partial charge is 0.479 e. The Morgan fingerprint density at radius 1 is 1.15 bits per heavy atom. The van der Waals surface area contributed by atoms with Crippen molar-refractivity contribution in [3.8, 4) is 0 Å². The molecule has 0 spiro atoms. The fourth-order valence-corrected chi connectivity index (χ4v) is 2.53. The maximum absolute atomic E-state index is 12.5. The van der Waals surface area contributed by atoms with E-state index in [1.54, 1.807) is 32.9 Å². The molecular formula is C15H17NO4. The molecule has 5 nitrogen and oxygen atoms in total. The molecule has 0 fully saturated rings. The Morgan fingerprint density at radius 2 is 1.55 bits per heavy atom. The number of fused-ring (bicyclic) bond motifs is 1. The van der Waals surface area contributed by atoms with Crippen molar-refractivity contribution in [1.29, 1.82) is 0 Å². The van der Waals surface area contributed by atoms with Gasteiger partial charge in [-0.25, -0.2) is 4.79 Å². The number of hydrogen-bond acceptors (Lipinski definition) is 3. The first kappa shape index (κ1) is 14.2. The number of imide groups is 1. The maximum Gasteiger partial charge on any atom is 0.329 e. The summed E-state index contributed by atoms with van der Waals surface area (Å²) in [4.78, 5) is 37.5. The molecule has 1 aliphatic heterocycles. The monoisotopic (exact) mass is 275 g/mol. The number of carbonyl (C=O) groups is 3. The summed E-state index contributed by atoms with van der Waals surface area (Å²) in [5.41, 5.74) is 0.518. The zero-order valence-electron chi connectivity index (χ0n) is 12.0. The number of benzene rings is 1. The minimum Gasteiger partial charge on any atom is -0.479 e. The summed E-state index contributed by atoms with van der Waals surface area (Å²) in [5, 5.41) is 9.40. The van der Waals surface area contributed by atoms with Gasteiger partial charge in [-0.15, -0.1) is 0 Å². The molecule has 106 valence electrons. The third-order valence-electron chi connectivity index (χ3n) is 4.10. The van der Waals surface area contributed by atoms with Crippen molar-refractivity contribution in [3.05, 3.63) is 34.4 Å². The number of carbonyl (C=O) groups excluding carboxylic acids is 2. The van der Waals surface area contributed by atoms with E-state index >= 15 is 0 Å². The van der Waals surface area contributed by atoms with E-state index in [4.69, 9.17) is 0 Å². The summed E-state index contributed by atoms with van der Waals surface area (Å²) < 4.78 is 0. The molecule has 0 saturated heterocycles. The summed E-state index contributed by atoms with van der Waals surface area (Å²) in [6, 6.07) is 3.54. The van der Waals surface area contributed by atoms with Crippen LogP contribution in [0.5, 0.6) is 0 Å². The number of rotatable bonds is 3. The third-order valence-corrected chi connectivity index (χ3v) is 4.10. The predicted octanol–water partition coefficient (Wildman–Crippen LogP) is 2.15. The van der Waals surface area contributed by atoms with Crippen LogP contribution in [-0.2, 0) is 4.79 Å². The molecule has 1 aromatic rings. The molecule has 1 atom stereocenters. The third kappa shape index (κ3) is 1.66. The molecule has 5 heteroatoms. The Kier molecular flexibility index (Phi) is 3.16. The molecule has 20 heavy (non-hydrogen) atoms. The summed E-state index contributed by atoms with van der Waals surface area (Å²) in [6.07, 6.45) is 0.159. The minimum atomic E-state index is -1.52. The quantitative estimate of drug-likeness (QED) is 0.858. The Morgan fingerprint density at radius 3 is 1.85 bits per heavy atom. The normalized spacial score (nSPS) is 17.1. The van der Waals surface area contributed by atoms with Crippen LogP contribution in [-0.4, -0.2) is 33.3 Å². The average Bonchev–Trinajstić information content (AvgIpc) is 2.66. The number of aliphatic carboxylic acids is 1. The van der Waals surface area contributed by atoms with Gasteiger partial charge >= 0.3 is 5.97 Å². The van der Waals surface area contributed by atoms with Crippen LogP contribution in [0.25, 0.3) is 0 Å². The fourth-order valence-electron chi connectivity index (χ4n) is 2.53. The first-order chi connectivity index (χ1) is 9.25. The van der Waals surface area contributed by atoms with Gasteiger partial charge < -0.3 is 5.11 Å². The highest BCUT2D eigenvalue weighted by atomic mass is 16.4. The number of carboxylic acid groups (broad SMARTS) is 1. The van der Waals surface area contributed by atoms with Gasteiger partial charge in [-0.3, -0.25) is 14.5 Å². The number of amides is 2. The average molecular weight is 275 g/mol. The molecular weight excluding hydrogens is 258 g/mol. The number of nitrogens with zero attached hydrogens (tertiary/aromatic N) is 1. The van der Waals surface area contributed by atoms with Crippen LogP contribution >= 0.6 is 0 Å². The standard InChI is InChI=1S/C15H17NO4/c1-5-15(4,14(19)20)16-12(17)10-8(2)6-7-9(3)11(10)13(16)18/h6-7H,5H2,1-4H3,(H,19,20). The molecule has 0 aromatic heterocycles. The molecule has 2 amide bonds. The summed E-state index contributed by atoms with van der Waals surface area (Å²) in [5.74, 6) is -2.21. The van der Waals surface area contributed by atoms with Gasteiger partial charge in [0.25, 0.3) is 11.8 Å². The number of hydrogen-bond donors (Lipinski definition) is 1. The van der Waals surface area contributed by atoms with Gasteiger partial charge in [0.05, 0.1) is 11.1 Å². The summed E-state index contributed by atoms with van der Waals surface area (Å²) in [7, 11) is 0. The predicted molar refractivity (Wildman–Crippen MR) is 72.7 cm³/mol. The van der Waals surface area contributed by atoms with Crippen molar-refractivity contribution < 1.29 is 19.5 Å². The van der Waals surface area contributed by atoms with Crippen LogP contribution < -0.4 is 0 Å². The van der Waals surface area contributed by atoms with Crippen LogP contribution in [0.3, 0.4) is 0 Å². The van der Waals surface area contributed by atoms with E-state index in [0.717, 1.165) is 4.90 Å². The van der Waals surface area contributed by atoms with Crippen molar-refractivity contribution in [1.82, 2.24) is 4.90 Å². The van der Waals surface area contributed by atoms with Crippen LogP contribution in [0.4, 0.5) is 0 Å². The Labute approximate surface area is 117 Å². The van der Waals surface area contributed by atoms with Gasteiger partial charge in [0.15, 0.2) is 0 Å². The second-order valence-electron chi connectivity index (χ2n) is 5.33. The molecule has 1 unspecified atom stereocenters. The summed E-state index contributed by atoms with van der Waals surface area (Å²) >= 11 is 0. The van der Waals surface area contributed by atoms with Crippen molar-refractivity contribution in [2.75, 3.05) is 0 Å². The van der Waals surface area contributed by atoms with E-state index in [-0.39, 0.29) is 6.42 Å². The summed E-state index contributed by atoms with van der Waals surface area (Å²) in [6.45, 7) is 6.55. The highest BCUT2D eigenvalue weighted by Gasteiger charge is 2.50. The van der Waals surface area contributed by atoms with Crippen molar-refractivity contribution in [2.24, 2.45) is 0 Å². The van der Waals surface area contributed by atoms with Gasteiger partial charge in [-0.2, -0.15) is 0 Å². The van der Waals surface area contributed by atoms with E-state index in [1.165, 1.54) is 6.92 Å². The number of aryl methyl sites for hydroxylation is 2. The first-order valence-electron chi connectivity index (χ1n) is 6.48. The maximum atomic E-state index is 12.5. The van der Waals surface area contributed by atoms with Gasteiger partial charge in [0.1, 0.15) is 5.54 Å². The van der Waals surface area contributed by atoms with Crippen LogP contribution in [0, 0.1) is 13.8 Å². The molecule has 1 aromatic carbocycles. The van der Waals surface area contributed by atoms with E-state index in [0.29, 0.717) is 22.3 Å². The van der Waals surface area contributed by atoms with Crippen LogP contribution in [0.15, 0.2) is 12.1 Å². The molecule has 0 bridgehead atoms. The van der Waals surface area contributed by atoms with E-state index in [1.807, 2.05) is 0 Å². The molecule has 0 radical (unpaired) electrons. The zero-order valence-corrected chi connectivity index (χ0v) is 12.0. The number of carboxylic acids is 1. The first-order valence-corrected chi connectivity index (χ1v) is 6.48. The smallest absolute Gasteiger partial charge is 0.329 e. The van der Waals surface area contributed by atoms with Gasteiger partial charge in [-0.1, -0.05) is 19.1 Å². The van der Waals surface area contributed by atoms with Crippen molar-refractivity contribution in [2.45, 2.75) is 39.7 Å². The van der Waals surface area contributed by atoms with Crippen LogP contribution in [0.2, 0.25) is 0 Å². The topological polar surface area (TPSA) is 74.7 Å². The molecule has 1 N–H and O–H groups in total. The minimum absolute atomic E-state index is 0.159. The molecule has 2 rings (SSSR count).